The molecule has 1 heteroatoms. The average molecular weight is 318 g/mol. The Hall–Kier alpha value is -1.89. The van der Waals surface area contributed by atoms with Crippen LogP contribution < -0.4 is 0 Å². The van der Waals surface area contributed by atoms with Crippen molar-refractivity contribution >= 4 is 5.78 Å². The molecule has 0 amide bonds. The van der Waals surface area contributed by atoms with Gasteiger partial charge in [-0.2, -0.15) is 0 Å². The maximum atomic E-state index is 14.1. The van der Waals surface area contributed by atoms with Crippen LogP contribution in [0.3, 0.4) is 0 Å². The van der Waals surface area contributed by atoms with Crippen molar-refractivity contribution in [3.05, 3.63) is 71.9 Å². The maximum absolute atomic E-state index is 14.1. The van der Waals surface area contributed by atoms with Crippen LogP contribution in [0.1, 0.15) is 51.4 Å². The monoisotopic (exact) mass is 318 g/mol. The summed E-state index contributed by atoms with van der Waals surface area (Å²) >= 11 is 0. The predicted molar refractivity (Wildman–Crippen MR) is 99.5 cm³/mol. The van der Waals surface area contributed by atoms with Gasteiger partial charge in [-0.05, 0) is 51.4 Å². The van der Waals surface area contributed by atoms with E-state index < -0.39 is 10.8 Å². The number of hydrogen-bond acceptors (Lipinski definition) is 1. The summed E-state index contributed by atoms with van der Waals surface area (Å²) in [5.41, 5.74) is 1.86. The van der Waals surface area contributed by atoms with Crippen molar-refractivity contribution < 1.29 is 4.79 Å². The normalized spacial score (nSPS) is 34.5. The van der Waals surface area contributed by atoms with E-state index in [-0.39, 0.29) is 0 Å². The van der Waals surface area contributed by atoms with Crippen molar-refractivity contribution in [3.8, 4) is 0 Å². The number of ketones is 1. The van der Waals surface area contributed by atoms with E-state index in [1.807, 2.05) is 0 Å². The minimum absolute atomic E-state index is 0.400. The molecule has 2 atom stereocenters. The summed E-state index contributed by atoms with van der Waals surface area (Å²) in [7, 11) is 0. The molecule has 0 aromatic rings. The Morgan fingerprint density at radius 2 is 1.25 bits per heavy atom. The fourth-order valence-corrected chi connectivity index (χ4v) is 4.90. The van der Waals surface area contributed by atoms with E-state index in [1.54, 1.807) is 0 Å². The van der Waals surface area contributed by atoms with Gasteiger partial charge in [-0.25, -0.2) is 0 Å². The first-order valence-electron chi connectivity index (χ1n) is 9.41. The van der Waals surface area contributed by atoms with Crippen LogP contribution in [0.15, 0.2) is 71.9 Å². The molecule has 0 aliphatic heterocycles. The summed E-state index contributed by atoms with van der Waals surface area (Å²) < 4.78 is 0. The molecule has 0 saturated heterocycles. The van der Waals surface area contributed by atoms with Crippen LogP contribution in [0.25, 0.3) is 0 Å². The molecule has 1 nitrogen and oxygen atoms in total. The van der Waals surface area contributed by atoms with Crippen LogP contribution >= 0.6 is 0 Å². The molecule has 0 heterocycles. The van der Waals surface area contributed by atoms with E-state index in [1.165, 1.54) is 24.0 Å². The molecule has 0 fully saturated rings. The highest BCUT2D eigenvalue weighted by Gasteiger charge is 2.51. The Labute approximate surface area is 145 Å². The molecule has 24 heavy (non-hydrogen) atoms. The van der Waals surface area contributed by atoms with E-state index in [0.717, 1.165) is 38.5 Å². The summed E-state index contributed by atoms with van der Waals surface area (Å²) in [6.45, 7) is 0. The van der Waals surface area contributed by atoms with Gasteiger partial charge >= 0.3 is 0 Å². The number of carbonyl (C=O) groups is 1. The van der Waals surface area contributed by atoms with E-state index in [0.29, 0.717) is 5.78 Å². The first-order valence-corrected chi connectivity index (χ1v) is 9.41. The van der Waals surface area contributed by atoms with Crippen LogP contribution in [-0.4, -0.2) is 5.78 Å². The van der Waals surface area contributed by atoms with Gasteiger partial charge in [0, 0.05) is 0 Å². The minimum atomic E-state index is -0.426. The number of rotatable bonds is 4. The molecule has 2 unspecified atom stereocenters. The Morgan fingerprint density at radius 1 is 0.750 bits per heavy atom. The lowest BCUT2D eigenvalue weighted by molar-refractivity contribution is -0.131. The van der Waals surface area contributed by atoms with E-state index >= 15 is 0 Å². The maximum Gasteiger partial charge on any atom is 0.161 e. The van der Waals surface area contributed by atoms with Crippen molar-refractivity contribution in [3.63, 3.8) is 0 Å². The molecule has 0 bridgehead atoms. The zero-order valence-electron chi connectivity index (χ0n) is 14.3. The number of carbonyl (C=O) groups excluding carboxylic acids is 1. The zero-order chi connectivity index (χ0) is 16.5. The minimum Gasteiger partial charge on any atom is -0.297 e. The summed E-state index contributed by atoms with van der Waals surface area (Å²) in [5, 5.41) is 0. The van der Waals surface area contributed by atoms with Gasteiger partial charge in [-0.15, -0.1) is 0 Å². The molecule has 0 aromatic heterocycles. The lowest BCUT2D eigenvalue weighted by Crippen LogP contribution is -2.44. The lowest BCUT2D eigenvalue weighted by Gasteiger charge is -2.42. The first kappa shape index (κ1) is 15.6. The molecule has 4 rings (SSSR count). The van der Waals surface area contributed by atoms with Crippen molar-refractivity contribution in [2.45, 2.75) is 51.4 Å². The molecule has 0 radical (unpaired) electrons. The summed E-state index contributed by atoms with van der Waals surface area (Å²) in [5.74, 6) is 0.400. The van der Waals surface area contributed by atoms with Gasteiger partial charge in [0.15, 0.2) is 5.78 Å². The van der Waals surface area contributed by atoms with Gasteiger partial charge in [0.1, 0.15) is 0 Å². The summed E-state index contributed by atoms with van der Waals surface area (Å²) in [6, 6.07) is 0. The number of Topliss-reactive ketones (excluding diaryl/α,β-unsaturated/α-hetero) is 1. The molecular formula is C23H26O. The second kappa shape index (κ2) is 6.20. The Balaban J connectivity index is 1.81. The Bertz CT molecular complexity index is 652. The molecule has 0 spiro atoms. The standard InChI is InChI=1S/C23H26O/c24-21(22(15-7-1-8-16-22)19-11-3-4-12-19)23(17-9-2-10-18-23)20-13-5-6-14-20/h1-2,7-11,13,15,17H,3-6,12,14,16,18H2. The second-order valence-electron chi connectivity index (χ2n) is 7.50. The topological polar surface area (TPSA) is 17.1 Å². The quantitative estimate of drug-likeness (QED) is 0.600. The lowest BCUT2D eigenvalue weighted by atomic mass is 9.59. The summed E-state index contributed by atoms with van der Waals surface area (Å²) in [6.07, 6.45) is 30.1. The molecule has 0 N–H and O–H groups in total. The zero-order valence-corrected chi connectivity index (χ0v) is 14.3. The second-order valence-corrected chi connectivity index (χ2v) is 7.50. The highest BCUT2D eigenvalue weighted by atomic mass is 16.1. The van der Waals surface area contributed by atoms with Crippen LogP contribution in [-0.2, 0) is 4.79 Å². The third kappa shape index (κ3) is 2.33. The van der Waals surface area contributed by atoms with Gasteiger partial charge in [-0.1, -0.05) is 71.9 Å². The van der Waals surface area contributed by atoms with E-state index in [4.69, 9.17) is 0 Å². The molecule has 0 saturated carbocycles. The molecule has 124 valence electrons. The van der Waals surface area contributed by atoms with Gasteiger partial charge in [0.2, 0.25) is 0 Å². The first-order chi connectivity index (χ1) is 11.8. The van der Waals surface area contributed by atoms with E-state index in [2.05, 4.69) is 60.8 Å². The third-order valence-electron chi connectivity index (χ3n) is 6.17. The van der Waals surface area contributed by atoms with Crippen molar-refractivity contribution in [1.82, 2.24) is 0 Å². The summed E-state index contributed by atoms with van der Waals surface area (Å²) in [4.78, 5) is 14.1. The average Bonchev–Trinajstić information content (AvgIpc) is 3.36. The Morgan fingerprint density at radius 3 is 1.58 bits per heavy atom. The van der Waals surface area contributed by atoms with Crippen LogP contribution in [0, 0.1) is 10.8 Å². The smallest absolute Gasteiger partial charge is 0.161 e. The van der Waals surface area contributed by atoms with Gasteiger partial charge < -0.3 is 0 Å². The Kier molecular flexibility index (Phi) is 4.04. The van der Waals surface area contributed by atoms with Gasteiger partial charge in [0.25, 0.3) is 0 Å². The van der Waals surface area contributed by atoms with Gasteiger partial charge in [0.05, 0.1) is 10.8 Å². The highest BCUT2D eigenvalue weighted by molar-refractivity contribution is 5.99. The van der Waals surface area contributed by atoms with Crippen LogP contribution in [0.2, 0.25) is 0 Å². The number of hydrogen-bond donors (Lipinski definition) is 0. The number of allylic oxidation sites excluding steroid dienone is 12. The van der Waals surface area contributed by atoms with E-state index in [9.17, 15) is 4.79 Å². The van der Waals surface area contributed by atoms with Crippen LogP contribution in [0.4, 0.5) is 0 Å². The predicted octanol–water partition coefficient (Wildman–Crippen LogP) is 5.78. The van der Waals surface area contributed by atoms with Gasteiger partial charge in [-0.3, -0.25) is 4.79 Å². The molecular weight excluding hydrogens is 292 g/mol. The molecule has 4 aliphatic rings. The SMILES string of the molecule is O=C(C1(C2=CCCC2)C=CC=CC1)C1(C2=CCCC2)C=CC=CC1. The molecule has 0 aromatic carbocycles. The van der Waals surface area contributed by atoms with Crippen molar-refractivity contribution in [2.24, 2.45) is 10.8 Å². The molecule has 4 aliphatic carbocycles. The van der Waals surface area contributed by atoms with Crippen molar-refractivity contribution in [1.29, 1.82) is 0 Å². The third-order valence-corrected chi connectivity index (χ3v) is 6.17. The van der Waals surface area contributed by atoms with Crippen molar-refractivity contribution in [2.75, 3.05) is 0 Å². The highest BCUT2D eigenvalue weighted by Crippen LogP contribution is 2.52. The fraction of sp³-hybridized carbons (Fsp3) is 0.435. The van der Waals surface area contributed by atoms with Crippen LogP contribution in [0.5, 0.6) is 0 Å². The largest absolute Gasteiger partial charge is 0.297 e. The fourth-order valence-electron chi connectivity index (χ4n) is 4.90.